The minimum atomic E-state index is -0.851. The molecule has 0 spiro atoms. The number of rotatable bonds is 6. The van der Waals surface area contributed by atoms with Gasteiger partial charge in [-0.1, -0.05) is 42.4 Å². The van der Waals surface area contributed by atoms with E-state index in [0.717, 1.165) is 42.6 Å². The summed E-state index contributed by atoms with van der Waals surface area (Å²) >= 11 is 0. The molecule has 0 bridgehead atoms. The van der Waals surface area contributed by atoms with Crippen molar-refractivity contribution in [1.29, 1.82) is 0 Å². The topological polar surface area (TPSA) is 123 Å². The lowest BCUT2D eigenvalue weighted by Gasteiger charge is -2.32. The van der Waals surface area contributed by atoms with Gasteiger partial charge in [0.05, 0.1) is 23.7 Å². The normalized spacial score (nSPS) is 18.8. The van der Waals surface area contributed by atoms with Gasteiger partial charge < -0.3 is 25.2 Å². The molecule has 2 fully saturated rings. The van der Waals surface area contributed by atoms with Crippen molar-refractivity contribution in [2.24, 2.45) is 0 Å². The van der Waals surface area contributed by atoms with Crippen LogP contribution >= 0.6 is 0 Å². The minimum absolute atomic E-state index is 0.0501. The van der Waals surface area contributed by atoms with Crippen molar-refractivity contribution in [3.8, 4) is 41.2 Å². The lowest BCUT2D eigenvalue weighted by molar-refractivity contribution is 0.108. The highest BCUT2D eigenvalue weighted by Gasteiger charge is 2.48. The first-order valence-corrected chi connectivity index (χ1v) is 16.6. The lowest BCUT2D eigenvalue weighted by Crippen LogP contribution is -2.43. The quantitative estimate of drug-likeness (QED) is 0.152. The van der Waals surface area contributed by atoms with Gasteiger partial charge in [-0.2, -0.15) is 9.97 Å². The van der Waals surface area contributed by atoms with Crippen LogP contribution in [0.4, 0.5) is 20.4 Å². The van der Waals surface area contributed by atoms with Crippen LogP contribution < -0.4 is 20.1 Å². The van der Waals surface area contributed by atoms with Crippen LogP contribution in [-0.2, 0) is 0 Å². The smallest absolute Gasteiger partial charge is 0.319 e. The number of phenolic OH excluding ortho intramolecular Hbond substituents is 1. The Labute approximate surface area is 293 Å². The predicted molar refractivity (Wildman–Crippen MR) is 192 cm³/mol. The highest BCUT2D eigenvalue weighted by Crippen LogP contribution is 2.46. The van der Waals surface area contributed by atoms with Gasteiger partial charge >= 0.3 is 6.01 Å². The van der Waals surface area contributed by atoms with Gasteiger partial charge in [0.15, 0.2) is 5.82 Å². The number of anilines is 2. The summed E-state index contributed by atoms with van der Waals surface area (Å²) in [5.74, 6) is 1.42. The molecule has 2 saturated heterocycles. The molecule has 0 amide bonds. The zero-order valence-electron chi connectivity index (χ0n) is 28.2. The van der Waals surface area contributed by atoms with E-state index in [2.05, 4.69) is 38.9 Å². The summed E-state index contributed by atoms with van der Waals surface area (Å²) in [6, 6.07) is 8.65. The average Bonchev–Trinajstić information content (AvgIpc) is 3.50. The molecule has 8 rings (SSSR count). The molecule has 2 atom stereocenters. The fourth-order valence-electron chi connectivity index (χ4n) is 7.93. The average molecular weight is 688 g/mol. The molecule has 0 aliphatic carbocycles. The molecule has 3 aliphatic heterocycles. The Morgan fingerprint density at radius 3 is 2.63 bits per heavy atom. The monoisotopic (exact) mass is 687 g/mol. The first-order valence-electron chi connectivity index (χ1n) is 16.6. The first-order chi connectivity index (χ1) is 24.5. The third-order valence-corrected chi connectivity index (χ3v) is 10.1. The third-order valence-electron chi connectivity index (χ3n) is 10.1. The number of pyridine rings is 2. The Morgan fingerprint density at radius 2 is 1.90 bits per heavy atom. The van der Waals surface area contributed by atoms with Gasteiger partial charge in [0.2, 0.25) is 5.88 Å². The summed E-state index contributed by atoms with van der Waals surface area (Å²) in [6.07, 6.45) is 8.35. The van der Waals surface area contributed by atoms with Crippen molar-refractivity contribution in [1.82, 2.24) is 24.8 Å². The van der Waals surface area contributed by atoms with Crippen LogP contribution in [0.2, 0.25) is 0 Å². The van der Waals surface area contributed by atoms with Crippen LogP contribution in [0.15, 0.2) is 66.9 Å². The Kier molecular flexibility index (Phi) is 7.57. The number of nitrogen functional groups attached to an aromatic ring is 1. The maximum absolute atomic E-state index is 17.3. The summed E-state index contributed by atoms with van der Waals surface area (Å²) in [7, 11) is 0. The van der Waals surface area contributed by atoms with Crippen molar-refractivity contribution in [3.63, 3.8) is 0 Å². The van der Waals surface area contributed by atoms with Gasteiger partial charge in [0, 0.05) is 35.8 Å². The molecule has 0 radical (unpaired) electrons. The number of aromatic hydroxyl groups is 1. The maximum Gasteiger partial charge on any atom is 0.319 e. The number of fused-ring (bicyclic) bond motifs is 2. The lowest BCUT2D eigenvalue weighted by atomic mass is 9.92. The fraction of sp³-hybridized carbons (Fsp3) is 0.282. The third kappa shape index (κ3) is 5.27. The molecule has 3 aliphatic rings. The number of hydrogen-bond acceptors (Lipinski definition) is 10. The summed E-state index contributed by atoms with van der Waals surface area (Å²) < 4.78 is 45.1. The molecule has 3 N–H and O–H groups in total. The van der Waals surface area contributed by atoms with Crippen molar-refractivity contribution < 1.29 is 23.4 Å². The molecule has 51 heavy (non-hydrogen) atoms. The summed E-state index contributed by atoms with van der Waals surface area (Å²) in [6.45, 7) is 14.3. The van der Waals surface area contributed by atoms with E-state index in [9.17, 15) is 5.11 Å². The van der Waals surface area contributed by atoms with Crippen LogP contribution in [-0.4, -0.2) is 67.8 Å². The van der Waals surface area contributed by atoms with E-state index in [1.807, 2.05) is 24.8 Å². The van der Waals surface area contributed by atoms with E-state index in [4.69, 9.17) is 26.6 Å². The van der Waals surface area contributed by atoms with Gasteiger partial charge in [0.1, 0.15) is 52.5 Å². The number of ether oxygens (including phenoxy) is 2. The largest absolute Gasteiger partial charge is 0.508 e. The second kappa shape index (κ2) is 11.9. The molecule has 12 heteroatoms. The second-order valence-electron chi connectivity index (χ2n) is 13.7. The van der Waals surface area contributed by atoms with Crippen LogP contribution in [0, 0.1) is 24.0 Å². The number of hydrogen-bond donors (Lipinski definition) is 2. The van der Waals surface area contributed by atoms with Gasteiger partial charge in [-0.3, -0.25) is 4.90 Å². The number of nitrogens with two attached hydrogens (primary N) is 1. The van der Waals surface area contributed by atoms with Gasteiger partial charge in [0.25, 0.3) is 0 Å². The molecule has 0 saturated carbocycles. The molecule has 5 aromatic rings. The van der Waals surface area contributed by atoms with E-state index < -0.39 is 17.7 Å². The summed E-state index contributed by atoms with van der Waals surface area (Å²) in [4.78, 5) is 22.8. The van der Waals surface area contributed by atoms with Crippen molar-refractivity contribution >= 4 is 33.3 Å². The zero-order chi connectivity index (χ0) is 35.8. The van der Waals surface area contributed by atoms with Crippen LogP contribution in [0.25, 0.3) is 32.9 Å². The Hall–Kier alpha value is -5.80. The van der Waals surface area contributed by atoms with Crippen molar-refractivity contribution in [2.75, 3.05) is 36.9 Å². The first kappa shape index (κ1) is 32.4. The van der Waals surface area contributed by atoms with E-state index in [0.29, 0.717) is 23.6 Å². The molecule has 1 unspecified atom stereocenters. The fourth-order valence-corrected chi connectivity index (χ4v) is 7.93. The Bertz CT molecular complexity index is 2340. The van der Waals surface area contributed by atoms with E-state index in [1.54, 1.807) is 12.3 Å². The standard InChI is InChI=1S/C39H35F2N7O3/c1-6-26-29(40)10-9-24-12-25(49)13-28(30(24)26)33-32(41)34-31-36(46-38(45-34)50-19-39-14-20(2)16-47(39)17-21(3)15-39)48(18-22(4)51-37(31)44-33)23(5)27-8-7-11-43-35(27)42/h1,7-13,22-23,49H,2-3,14-19H2,4-5H3,(H2,42,43)/t22-,23?/m0/s1. The SMILES string of the molecule is C#Cc1c(F)ccc2cc(O)cc(-c3nc4c5c(nc(OCC67CC(=C)CN6CC(=C)C7)nc5c3F)N(C(C)c3cccnc3N)C[C@H](C)O4)c12. The van der Waals surface area contributed by atoms with E-state index in [-0.39, 0.29) is 68.9 Å². The molecule has 3 aromatic heterocycles. The molecule has 10 nitrogen and oxygen atoms in total. The molecule has 258 valence electrons. The maximum atomic E-state index is 17.3. The number of phenols is 1. The zero-order valence-corrected chi connectivity index (χ0v) is 28.2. The van der Waals surface area contributed by atoms with Crippen molar-refractivity contribution in [2.45, 2.75) is 44.4 Å². The number of aromatic nitrogens is 4. The minimum Gasteiger partial charge on any atom is -0.508 e. The molecular weight excluding hydrogens is 652 g/mol. The molecular formula is C39H35F2N7O3. The van der Waals surface area contributed by atoms with Gasteiger partial charge in [-0.25, -0.2) is 18.7 Å². The Morgan fingerprint density at radius 1 is 1.14 bits per heavy atom. The van der Waals surface area contributed by atoms with Gasteiger partial charge in [-0.05, 0) is 56.3 Å². The second-order valence-corrected chi connectivity index (χ2v) is 13.7. The molecule has 6 heterocycles. The summed E-state index contributed by atoms with van der Waals surface area (Å²) in [5.41, 5.74) is 8.54. The highest BCUT2D eigenvalue weighted by molar-refractivity contribution is 6.04. The van der Waals surface area contributed by atoms with Crippen LogP contribution in [0.1, 0.15) is 43.9 Å². The predicted octanol–water partition coefficient (Wildman–Crippen LogP) is 6.48. The number of benzene rings is 2. The number of halogens is 2. The molecule has 2 aromatic carbocycles. The van der Waals surface area contributed by atoms with E-state index >= 15 is 8.78 Å². The highest BCUT2D eigenvalue weighted by atomic mass is 19.1. The van der Waals surface area contributed by atoms with E-state index in [1.165, 1.54) is 24.3 Å². The van der Waals surface area contributed by atoms with Gasteiger partial charge in [-0.15, -0.1) is 6.42 Å². The number of nitrogens with zero attached hydrogens (tertiary/aromatic N) is 6. The van der Waals surface area contributed by atoms with Crippen LogP contribution in [0.5, 0.6) is 17.6 Å². The Balaban J connectivity index is 1.36. The number of terminal acetylenes is 1. The van der Waals surface area contributed by atoms with Crippen molar-refractivity contribution in [3.05, 3.63) is 89.7 Å². The van der Waals surface area contributed by atoms with Crippen LogP contribution in [0.3, 0.4) is 0 Å². The summed E-state index contributed by atoms with van der Waals surface area (Å²) in [5, 5.41) is 11.6.